The Morgan fingerprint density at radius 3 is 2.44 bits per heavy atom. The van der Waals surface area contributed by atoms with Crippen molar-refractivity contribution in [2.45, 2.75) is 45.1 Å². The van der Waals surface area contributed by atoms with Crippen LogP contribution in [0.3, 0.4) is 0 Å². The minimum absolute atomic E-state index is 0.115. The van der Waals surface area contributed by atoms with Crippen LogP contribution in [0, 0.1) is 11.3 Å². The smallest absolute Gasteiger partial charge is 0.414 e. The molecule has 0 bridgehead atoms. The number of amides is 1. The monoisotopic (exact) mass is 544 g/mol. The Morgan fingerprint density at radius 2 is 1.79 bits per heavy atom. The van der Waals surface area contributed by atoms with Gasteiger partial charge in [-0.15, -0.1) is 0 Å². The largest absolute Gasteiger partial charge is 0.481 e. The highest BCUT2D eigenvalue weighted by atomic mass is 16.6. The lowest BCUT2D eigenvalue weighted by atomic mass is 9.94. The van der Waals surface area contributed by atoms with E-state index in [1.165, 1.54) is 0 Å². The van der Waals surface area contributed by atoms with Crippen LogP contribution in [0.15, 0.2) is 24.3 Å². The van der Waals surface area contributed by atoms with Crippen molar-refractivity contribution in [3.63, 3.8) is 0 Å². The molecule has 0 aromatic heterocycles. The van der Waals surface area contributed by atoms with Crippen molar-refractivity contribution in [2.75, 3.05) is 64.3 Å². The highest BCUT2D eigenvalue weighted by molar-refractivity contribution is 5.97. The molecule has 214 valence electrons. The number of likely N-dealkylation sites (tertiary alicyclic amines) is 1. The highest BCUT2D eigenvalue weighted by Crippen LogP contribution is 2.24. The molecular formula is C27H40N6O6. The number of carboxylic acid groups (broad SMARTS) is 1. The molecule has 4 rings (SSSR count). The van der Waals surface area contributed by atoms with Crippen LogP contribution < -0.4 is 10.2 Å². The summed E-state index contributed by atoms with van der Waals surface area (Å²) in [7, 11) is 1.92. The minimum Gasteiger partial charge on any atom is -0.481 e. The molecule has 12 heteroatoms. The van der Waals surface area contributed by atoms with Crippen molar-refractivity contribution in [3.05, 3.63) is 29.8 Å². The number of piperidine rings is 1. The lowest BCUT2D eigenvalue weighted by molar-refractivity contribution is -0.149. The van der Waals surface area contributed by atoms with E-state index in [2.05, 4.69) is 15.1 Å². The first-order valence-electron chi connectivity index (χ1n) is 13.6. The van der Waals surface area contributed by atoms with Crippen LogP contribution >= 0.6 is 0 Å². The maximum Gasteiger partial charge on any atom is 0.414 e. The van der Waals surface area contributed by atoms with Crippen molar-refractivity contribution in [1.82, 2.24) is 20.0 Å². The highest BCUT2D eigenvalue weighted by Gasteiger charge is 2.35. The number of carbonyl (C=O) groups is 3. The minimum atomic E-state index is -0.799. The first-order valence-corrected chi connectivity index (χ1v) is 13.6. The SMILES string of the molecule is CC(C)OC(=O)CN1CCN(CC2CN(c3ccc(C(=N)NC4CC(C(=O)O)CCN4C)cc3)C(=O)O2)CC1. The van der Waals surface area contributed by atoms with Crippen LogP contribution in [0.4, 0.5) is 10.5 Å². The second-order valence-corrected chi connectivity index (χ2v) is 10.9. The van der Waals surface area contributed by atoms with E-state index >= 15 is 0 Å². The van der Waals surface area contributed by atoms with Gasteiger partial charge in [0.1, 0.15) is 11.9 Å². The van der Waals surface area contributed by atoms with Crippen molar-refractivity contribution in [1.29, 1.82) is 5.41 Å². The zero-order valence-corrected chi connectivity index (χ0v) is 23.0. The number of piperazine rings is 1. The number of anilines is 1. The molecular weight excluding hydrogens is 504 g/mol. The average molecular weight is 545 g/mol. The van der Waals surface area contributed by atoms with Gasteiger partial charge in [0.05, 0.1) is 31.3 Å². The van der Waals surface area contributed by atoms with Gasteiger partial charge < -0.3 is 19.9 Å². The fraction of sp³-hybridized carbons (Fsp3) is 0.630. The van der Waals surface area contributed by atoms with Gasteiger partial charge in [0.2, 0.25) is 0 Å². The number of ether oxygens (including phenoxy) is 2. The van der Waals surface area contributed by atoms with E-state index in [1.54, 1.807) is 29.2 Å². The average Bonchev–Trinajstić information content (AvgIpc) is 3.25. The number of rotatable bonds is 9. The number of hydrogen-bond acceptors (Lipinski definition) is 9. The molecule has 1 amide bonds. The molecule has 3 aliphatic rings. The summed E-state index contributed by atoms with van der Waals surface area (Å²) < 4.78 is 10.9. The molecule has 0 radical (unpaired) electrons. The molecule has 3 N–H and O–H groups in total. The van der Waals surface area contributed by atoms with Gasteiger partial charge in [0, 0.05) is 50.5 Å². The fourth-order valence-electron chi connectivity index (χ4n) is 5.26. The number of esters is 1. The third kappa shape index (κ3) is 7.68. The maximum atomic E-state index is 12.6. The lowest BCUT2D eigenvalue weighted by Gasteiger charge is -2.36. The summed E-state index contributed by atoms with van der Waals surface area (Å²) in [5.41, 5.74) is 1.36. The third-order valence-electron chi connectivity index (χ3n) is 7.52. The molecule has 39 heavy (non-hydrogen) atoms. The maximum absolute atomic E-state index is 12.6. The van der Waals surface area contributed by atoms with Crippen LogP contribution in [0.25, 0.3) is 0 Å². The number of hydrogen-bond donors (Lipinski definition) is 3. The van der Waals surface area contributed by atoms with Gasteiger partial charge in [-0.3, -0.25) is 34.6 Å². The van der Waals surface area contributed by atoms with Gasteiger partial charge in [-0.2, -0.15) is 0 Å². The Kier molecular flexibility index (Phi) is 9.41. The predicted molar refractivity (Wildman–Crippen MR) is 145 cm³/mol. The summed E-state index contributed by atoms with van der Waals surface area (Å²) >= 11 is 0. The number of carboxylic acids is 1. The Balaban J connectivity index is 1.24. The topological polar surface area (TPSA) is 139 Å². The molecule has 3 aliphatic heterocycles. The zero-order valence-electron chi connectivity index (χ0n) is 23.0. The molecule has 3 atom stereocenters. The zero-order chi connectivity index (χ0) is 28.1. The molecule has 3 heterocycles. The Hall–Kier alpha value is -3.22. The fourth-order valence-corrected chi connectivity index (χ4v) is 5.26. The summed E-state index contributed by atoms with van der Waals surface area (Å²) in [6, 6.07) is 7.17. The molecule has 1 aromatic rings. The van der Waals surface area contributed by atoms with E-state index < -0.39 is 11.9 Å². The van der Waals surface area contributed by atoms with Gasteiger partial charge in [-0.25, -0.2) is 4.79 Å². The molecule has 3 saturated heterocycles. The first kappa shape index (κ1) is 28.8. The second-order valence-electron chi connectivity index (χ2n) is 10.9. The third-order valence-corrected chi connectivity index (χ3v) is 7.52. The van der Waals surface area contributed by atoms with Crippen molar-refractivity contribution < 1.29 is 29.0 Å². The number of nitrogens with one attached hydrogen (secondary N) is 2. The molecule has 3 unspecified atom stereocenters. The van der Waals surface area contributed by atoms with Gasteiger partial charge in [-0.1, -0.05) is 0 Å². The van der Waals surface area contributed by atoms with E-state index in [9.17, 15) is 19.5 Å². The Morgan fingerprint density at radius 1 is 1.13 bits per heavy atom. The van der Waals surface area contributed by atoms with Crippen molar-refractivity contribution in [3.8, 4) is 0 Å². The molecule has 0 saturated carbocycles. The van der Waals surface area contributed by atoms with Gasteiger partial charge in [0.25, 0.3) is 0 Å². The van der Waals surface area contributed by atoms with E-state index in [0.29, 0.717) is 50.3 Å². The number of carbonyl (C=O) groups excluding carboxylic acids is 2. The summed E-state index contributed by atoms with van der Waals surface area (Å²) in [5, 5.41) is 21.0. The molecule has 3 fully saturated rings. The molecule has 1 aromatic carbocycles. The summed E-state index contributed by atoms with van der Waals surface area (Å²) in [6.45, 7) is 8.79. The van der Waals surface area contributed by atoms with Crippen LogP contribution in [0.5, 0.6) is 0 Å². The van der Waals surface area contributed by atoms with Gasteiger partial charge >= 0.3 is 18.0 Å². The van der Waals surface area contributed by atoms with E-state index in [4.69, 9.17) is 14.9 Å². The Bertz CT molecular complexity index is 1040. The summed E-state index contributed by atoms with van der Waals surface area (Å²) in [5.74, 6) is -1.21. The number of amidine groups is 1. The van der Waals surface area contributed by atoms with Gasteiger partial charge in [-0.05, 0) is 58.0 Å². The predicted octanol–water partition coefficient (Wildman–Crippen LogP) is 1.25. The van der Waals surface area contributed by atoms with Crippen LogP contribution in [0.2, 0.25) is 0 Å². The standard InChI is InChI=1S/C27H40N6O6/c1-18(2)38-24(34)17-32-12-10-31(11-13-32)15-22-16-33(27(37)39-22)21-6-4-19(5-7-21)25(28)29-23-14-20(26(35)36)8-9-30(23)3/h4-7,18,20,22-23H,8-17H2,1-3H3,(H2,28,29)(H,35,36). The Labute approximate surface area is 229 Å². The molecule has 0 spiro atoms. The summed E-state index contributed by atoms with van der Waals surface area (Å²) in [6.07, 6.45) is 0.0584. The van der Waals surface area contributed by atoms with Crippen molar-refractivity contribution >= 4 is 29.6 Å². The van der Waals surface area contributed by atoms with E-state index in [-0.39, 0.29) is 36.3 Å². The van der Waals surface area contributed by atoms with E-state index in [1.807, 2.05) is 25.8 Å². The number of cyclic esters (lactones) is 1. The summed E-state index contributed by atoms with van der Waals surface area (Å²) in [4.78, 5) is 43.9. The van der Waals surface area contributed by atoms with Crippen LogP contribution in [-0.2, 0) is 19.1 Å². The lowest BCUT2D eigenvalue weighted by Crippen LogP contribution is -2.51. The number of aliphatic carboxylic acids is 1. The van der Waals surface area contributed by atoms with E-state index in [0.717, 1.165) is 26.2 Å². The quantitative estimate of drug-likeness (QED) is 0.236. The second kappa shape index (κ2) is 12.8. The van der Waals surface area contributed by atoms with Crippen LogP contribution in [0.1, 0.15) is 32.3 Å². The number of nitrogens with zero attached hydrogens (tertiary/aromatic N) is 4. The van der Waals surface area contributed by atoms with Gasteiger partial charge in [0.15, 0.2) is 0 Å². The normalized spacial score (nSPS) is 25.0. The first-order chi connectivity index (χ1) is 18.6. The van der Waals surface area contributed by atoms with Crippen molar-refractivity contribution in [2.24, 2.45) is 5.92 Å². The van der Waals surface area contributed by atoms with Crippen LogP contribution in [-0.4, -0.2) is 121 Å². The molecule has 12 nitrogen and oxygen atoms in total. The number of benzene rings is 1. The molecule has 0 aliphatic carbocycles.